The summed E-state index contributed by atoms with van der Waals surface area (Å²) < 4.78 is 17.1. The quantitative estimate of drug-likeness (QED) is 0.435. The molecule has 7 heteroatoms. The number of nitrogens with zero attached hydrogens (tertiary/aromatic N) is 2. The van der Waals surface area contributed by atoms with Gasteiger partial charge < -0.3 is 29.7 Å². The summed E-state index contributed by atoms with van der Waals surface area (Å²) in [6.45, 7) is 4.75. The Labute approximate surface area is 180 Å². The predicted octanol–water partition coefficient (Wildman–Crippen LogP) is 2.77. The molecule has 30 heavy (non-hydrogen) atoms. The summed E-state index contributed by atoms with van der Waals surface area (Å²) >= 11 is 0. The van der Waals surface area contributed by atoms with Crippen LogP contribution in [0.2, 0.25) is 0 Å². The van der Waals surface area contributed by atoms with Crippen LogP contribution in [0.25, 0.3) is 0 Å². The van der Waals surface area contributed by atoms with Crippen molar-refractivity contribution in [2.24, 2.45) is 4.99 Å². The lowest BCUT2D eigenvalue weighted by atomic mass is 10.2. The van der Waals surface area contributed by atoms with Gasteiger partial charge in [0.05, 0.1) is 13.7 Å². The first-order valence-corrected chi connectivity index (χ1v) is 10.1. The van der Waals surface area contributed by atoms with Crippen molar-refractivity contribution in [1.82, 2.24) is 15.5 Å². The van der Waals surface area contributed by atoms with Crippen molar-refractivity contribution < 1.29 is 14.2 Å². The molecule has 0 fully saturated rings. The van der Waals surface area contributed by atoms with Crippen molar-refractivity contribution in [2.75, 3.05) is 47.9 Å². The Morgan fingerprint density at radius 3 is 2.57 bits per heavy atom. The van der Waals surface area contributed by atoms with Crippen molar-refractivity contribution in [1.29, 1.82) is 0 Å². The number of ether oxygens (including phenoxy) is 3. The molecule has 0 amide bonds. The Morgan fingerprint density at radius 2 is 1.83 bits per heavy atom. The van der Waals surface area contributed by atoms with Gasteiger partial charge >= 0.3 is 0 Å². The van der Waals surface area contributed by atoms with Crippen molar-refractivity contribution in [3.8, 4) is 17.2 Å². The fraction of sp³-hybridized carbons (Fsp3) is 0.435. The Kier molecular flexibility index (Phi) is 9.80. The second-order valence-electron chi connectivity index (χ2n) is 7.17. The molecule has 0 saturated heterocycles. The SMILES string of the molecule is CN=C(NCc1ccccc1OCCN(C)C)NCC(C)Oc1cccc(OC)c1. The van der Waals surface area contributed by atoms with E-state index in [-0.39, 0.29) is 6.10 Å². The molecule has 7 nitrogen and oxygen atoms in total. The Morgan fingerprint density at radius 1 is 1.07 bits per heavy atom. The zero-order valence-corrected chi connectivity index (χ0v) is 18.6. The van der Waals surface area contributed by atoms with Gasteiger partial charge in [-0.25, -0.2) is 0 Å². The molecular weight excluding hydrogens is 380 g/mol. The Hall–Kier alpha value is -2.93. The minimum atomic E-state index is -0.0442. The van der Waals surface area contributed by atoms with Gasteiger partial charge in [0, 0.05) is 31.8 Å². The van der Waals surface area contributed by atoms with Crippen molar-refractivity contribution in [2.45, 2.75) is 19.6 Å². The van der Waals surface area contributed by atoms with Gasteiger partial charge in [-0.1, -0.05) is 24.3 Å². The molecule has 2 N–H and O–H groups in total. The highest BCUT2D eigenvalue weighted by atomic mass is 16.5. The summed E-state index contributed by atoms with van der Waals surface area (Å²) in [5.41, 5.74) is 1.08. The van der Waals surface area contributed by atoms with Crippen LogP contribution in [0.5, 0.6) is 17.2 Å². The van der Waals surface area contributed by atoms with E-state index < -0.39 is 0 Å². The molecule has 0 radical (unpaired) electrons. The Bertz CT molecular complexity index is 796. The van der Waals surface area contributed by atoms with Crippen LogP contribution in [-0.4, -0.2) is 64.9 Å². The molecule has 0 heterocycles. The van der Waals surface area contributed by atoms with Gasteiger partial charge in [0.25, 0.3) is 0 Å². The summed E-state index contributed by atoms with van der Waals surface area (Å²) in [4.78, 5) is 6.39. The number of methoxy groups -OCH3 is 1. The molecule has 0 aliphatic heterocycles. The highest BCUT2D eigenvalue weighted by molar-refractivity contribution is 5.79. The third-order valence-electron chi connectivity index (χ3n) is 4.37. The second kappa shape index (κ2) is 12.6. The third-order valence-corrected chi connectivity index (χ3v) is 4.37. The van der Waals surface area contributed by atoms with Gasteiger partial charge in [-0.3, -0.25) is 4.99 Å². The Balaban J connectivity index is 1.82. The fourth-order valence-electron chi connectivity index (χ4n) is 2.72. The molecule has 0 aliphatic rings. The zero-order chi connectivity index (χ0) is 21.8. The number of likely N-dealkylation sites (N-methyl/N-ethyl adjacent to an activating group) is 1. The first-order chi connectivity index (χ1) is 14.5. The van der Waals surface area contributed by atoms with E-state index in [9.17, 15) is 0 Å². The van der Waals surface area contributed by atoms with Crippen LogP contribution in [-0.2, 0) is 6.54 Å². The van der Waals surface area contributed by atoms with Crippen LogP contribution < -0.4 is 24.8 Å². The lowest BCUT2D eigenvalue weighted by molar-refractivity contribution is 0.223. The molecule has 2 aromatic carbocycles. The number of hydrogen-bond acceptors (Lipinski definition) is 5. The topological polar surface area (TPSA) is 67.4 Å². The molecule has 0 aliphatic carbocycles. The van der Waals surface area contributed by atoms with Gasteiger partial charge in [-0.2, -0.15) is 0 Å². The van der Waals surface area contributed by atoms with Gasteiger partial charge in [0.2, 0.25) is 0 Å². The van der Waals surface area contributed by atoms with Crippen molar-refractivity contribution in [3.05, 3.63) is 54.1 Å². The van der Waals surface area contributed by atoms with Gasteiger partial charge in [-0.15, -0.1) is 0 Å². The summed E-state index contributed by atoms with van der Waals surface area (Å²) in [5.74, 6) is 3.14. The lowest BCUT2D eigenvalue weighted by Crippen LogP contribution is -2.41. The maximum absolute atomic E-state index is 5.95. The van der Waals surface area contributed by atoms with Gasteiger partial charge in [-0.05, 0) is 39.2 Å². The molecule has 0 saturated carbocycles. The highest BCUT2D eigenvalue weighted by Gasteiger charge is 2.08. The van der Waals surface area contributed by atoms with Crippen LogP contribution in [0, 0.1) is 0 Å². The maximum Gasteiger partial charge on any atom is 0.191 e. The molecule has 0 aromatic heterocycles. The van der Waals surface area contributed by atoms with Crippen LogP contribution >= 0.6 is 0 Å². The van der Waals surface area contributed by atoms with Crippen molar-refractivity contribution in [3.63, 3.8) is 0 Å². The fourth-order valence-corrected chi connectivity index (χ4v) is 2.72. The third kappa shape index (κ3) is 8.21. The highest BCUT2D eigenvalue weighted by Crippen LogP contribution is 2.20. The van der Waals surface area contributed by atoms with E-state index in [1.54, 1.807) is 14.2 Å². The minimum Gasteiger partial charge on any atom is -0.497 e. The van der Waals surface area contributed by atoms with E-state index in [4.69, 9.17) is 14.2 Å². The standard InChI is InChI=1S/C23H34N4O3/c1-18(30-21-11-8-10-20(15-21)28-5)16-25-23(24-2)26-17-19-9-6-7-12-22(19)29-14-13-27(3)4/h6-12,15,18H,13-14,16-17H2,1-5H3,(H2,24,25,26). The number of aliphatic imine (C=N–C) groups is 1. The summed E-state index contributed by atoms with van der Waals surface area (Å²) in [6, 6.07) is 15.6. The summed E-state index contributed by atoms with van der Waals surface area (Å²) in [7, 11) is 7.46. The smallest absolute Gasteiger partial charge is 0.191 e. The normalized spacial score (nSPS) is 12.4. The predicted molar refractivity (Wildman–Crippen MR) is 122 cm³/mol. The molecule has 0 spiro atoms. The van der Waals surface area contributed by atoms with Gasteiger partial charge in [0.1, 0.15) is 30.0 Å². The molecule has 1 unspecified atom stereocenters. The average molecular weight is 415 g/mol. The number of rotatable bonds is 11. The van der Waals surface area contributed by atoms with Crippen LogP contribution in [0.3, 0.4) is 0 Å². The molecule has 2 rings (SSSR count). The van der Waals surface area contributed by atoms with Crippen LogP contribution in [0.4, 0.5) is 0 Å². The zero-order valence-electron chi connectivity index (χ0n) is 18.6. The average Bonchev–Trinajstić information content (AvgIpc) is 2.74. The van der Waals surface area contributed by atoms with E-state index in [0.29, 0.717) is 25.7 Å². The number of para-hydroxylation sites is 1. The molecule has 0 bridgehead atoms. The summed E-state index contributed by atoms with van der Waals surface area (Å²) in [6.07, 6.45) is -0.0442. The van der Waals surface area contributed by atoms with E-state index in [1.807, 2.05) is 63.5 Å². The lowest BCUT2D eigenvalue weighted by Gasteiger charge is -2.19. The molecule has 1 atom stereocenters. The first kappa shape index (κ1) is 23.3. The second-order valence-corrected chi connectivity index (χ2v) is 7.17. The van der Waals surface area contributed by atoms with Crippen LogP contribution in [0.15, 0.2) is 53.5 Å². The largest absolute Gasteiger partial charge is 0.497 e. The summed E-state index contributed by atoms with van der Waals surface area (Å²) in [5, 5.41) is 6.64. The van der Waals surface area contributed by atoms with E-state index in [1.165, 1.54) is 0 Å². The monoisotopic (exact) mass is 414 g/mol. The molecule has 164 valence electrons. The number of guanidine groups is 1. The maximum atomic E-state index is 5.95. The van der Waals surface area contributed by atoms with Crippen LogP contribution in [0.1, 0.15) is 12.5 Å². The first-order valence-electron chi connectivity index (χ1n) is 10.1. The molecular formula is C23H34N4O3. The van der Waals surface area contributed by atoms with E-state index in [0.717, 1.165) is 29.4 Å². The van der Waals surface area contributed by atoms with Crippen molar-refractivity contribution >= 4 is 5.96 Å². The number of nitrogens with one attached hydrogen (secondary N) is 2. The minimum absolute atomic E-state index is 0.0442. The van der Waals surface area contributed by atoms with E-state index >= 15 is 0 Å². The number of benzene rings is 2. The molecule has 2 aromatic rings. The van der Waals surface area contributed by atoms with E-state index in [2.05, 4.69) is 26.6 Å². The number of hydrogen-bond donors (Lipinski definition) is 2. The van der Waals surface area contributed by atoms with Gasteiger partial charge in [0.15, 0.2) is 5.96 Å².